The Bertz CT molecular complexity index is 2190. The molecule has 1 saturated heterocycles. The van der Waals surface area contributed by atoms with Crippen molar-refractivity contribution < 1.29 is 60.9 Å². The number of nitrogens with two attached hydrogens (primary N) is 1. The van der Waals surface area contributed by atoms with Crippen LogP contribution in [0.25, 0.3) is 10.1 Å². The van der Waals surface area contributed by atoms with Crippen LogP contribution in [0, 0.1) is 0 Å². The van der Waals surface area contributed by atoms with E-state index >= 15 is 0 Å². The smallest absolute Gasteiger partial charge is 0.431 e. The van der Waals surface area contributed by atoms with Crippen LogP contribution in [0.15, 0.2) is 54.6 Å². The van der Waals surface area contributed by atoms with Crippen molar-refractivity contribution in [2.75, 3.05) is 28.3 Å². The van der Waals surface area contributed by atoms with Crippen LogP contribution < -0.4 is 20.9 Å². The molecule has 4 aromatic rings. The monoisotopic (exact) mass is 754 g/mol. The number of anilines is 3. The Morgan fingerprint density at radius 2 is 1.62 bits per heavy atom. The first-order chi connectivity index (χ1) is 25.1. The van der Waals surface area contributed by atoms with E-state index in [1.165, 1.54) is 30.3 Å². The molecule has 53 heavy (non-hydrogen) atoms. The number of carbonyl (C=O) groups excluding carboxylic acids is 7. The number of rotatable bonds is 9. The summed E-state index contributed by atoms with van der Waals surface area (Å²) in [6.07, 6.45) is -11.7. The van der Waals surface area contributed by atoms with Crippen LogP contribution in [-0.4, -0.2) is 82.4 Å². The fourth-order valence-electron chi connectivity index (χ4n) is 5.77. The number of carbonyl (C=O) groups is 7. The SMILES string of the molecule is CC(=O)OC(C(=O)Nc1ccc2c(N3C(=O)c4ccccc4C3=O)nsc2c1C(N)=O)[C@H]1OCCN(c2cccc(C(OC(C)=O)C(F)(F)F)n2)C1=O. The molecule has 2 unspecified atom stereocenters. The van der Waals surface area contributed by atoms with Crippen molar-refractivity contribution in [3.8, 4) is 0 Å². The number of halogens is 3. The molecule has 16 nitrogen and oxygen atoms in total. The summed E-state index contributed by atoms with van der Waals surface area (Å²) >= 11 is 0.709. The predicted octanol–water partition coefficient (Wildman–Crippen LogP) is 3.06. The van der Waals surface area contributed by atoms with E-state index < -0.39 is 71.7 Å². The maximum atomic E-state index is 13.7. The highest BCUT2D eigenvalue weighted by Crippen LogP contribution is 2.39. The van der Waals surface area contributed by atoms with Crippen LogP contribution in [-0.2, 0) is 33.4 Å². The summed E-state index contributed by atoms with van der Waals surface area (Å²) in [6, 6.07) is 12.0. The molecule has 0 aliphatic carbocycles. The molecule has 2 aromatic carbocycles. The molecule has 5 amide bonds. The molecule has 20 heteroatoms. The number of amides is 5. The van der Waals surface area contributed by atoms with E-state index in [0.717, 1.165) is 35.8 Å². The molecule has 0 spiro atoms. The lowest BCUT2D eigenvalue weighted by Gasteiger charge is -2.35. The first kappa shape index (κ1) is 36.5. The highest BCUT2D eigenvalue weighted by molar-refractivity contribution is 7.14. The molecule has 0 saturated carbocycles. The molecule has 2 aliphatic heterocycles. The highest BCUT2D eigenvalue weighted by atomic mass is 32.1. The summed E-state index contributed by atoms with van der Waals surface area (Å²) in [5.74, 6) is -7.18. The largest absolute Gasteiger partial charge is 0.449 e. The number of esters is 2. The Morgan fingerprint density at radius 3 is 2.23 bits per heavy atom. The van der Waals surface area contributed by atoms with Gasteiger partial charge in [0.05, 0.1) is 45.9 Å². The number of pyridine rings is 1. The van der Waals surface area contributed by atoms with E-state index in [1.54, 1.807) is 12.1 Å². The van der Waals surface area contributed by atoms with Crippen LogP contribution in [0.5, 0.6) is 0 Å². The lowest BCUT2D eigenvalue weighted by atomic mass is 10.1. The van der Waals surface area contributed by atoms with Gasteiger partial charge in [0.1, 0.15) is 5.82 Å². The minimum absolute atomic E-state index is 0.0808. The summed E-state index contributed by atoms with van der Waals surface area (Å²) in [5, 5.41) is 2.58. The van der Waals surface area contributed by atoms with E-state index in [2.05, 4.69) is 19.4 Å². The van der Waals surface area contributed by atoms with Crippen molar-refractivity contribution in [1.82, 2.24) is 9.36 Å². The second-order valence-electron chi connectivity index (χ2n) is 11.5. The van der Waals surface area contributed by atoms with Crippen LogP contribution in [0.3, 0.4) is 0 Å². The number of primary amides is 1. The maximum absolute atomic E-state index is 13.7. The third-order valence-corrected chi connectivity index (χ3v) is 8.83. The Morgan fingerprint density at radius 1 is 0.962 bits per heavy atom. The molecule has 6 rings (SSSR count). The third-order valence-electron chi connectivity index (χ3n) is 7.96. The quantitative estimate of drug-likeness (QED) is 0.186. The first-order valence-electron chi connectivity index (χ1n) is 15.4. The highest BCUT2D eigenvalue weighted by Gasteiger charge is 2.47. The minimum Gasteiger partial charge on any atom is -0.449 e. The lowest BCUT2D eigenvalue weighted by molar-refractivity contribution is -0.223. The van der Waals surface area contributed by atoms with Gasteiger partial charge in [-0.15, -0.1) is 0 Å². The second kappa shape index (κ2) is 14.0. The molecule has 1 fully saturated rings. The van der Waals surface area contributed by atoms with E-state index in [0.29, 0.717) is 11.5 Å². The molecular weight excluding hydrogens is 729 g/mol. The van der Waals surface area contributed by atoms with Gasteiger partial charge in [0.2, 0.25) is 12.2 Å². The number of fused-ring (bicyclic) bond motifs is 2. The van der Waals surface area contributed by atoms with Gasteiger partial charge in [0.15, 0.2) is 11.9 Å². The van der Waals surface area contributed by atoms with Crippen molar-refractivity contribution in [1.29, 1.82) is 0 Å². The van der Waals surface area contributed by atoms with Gasteiger partial charge in [0.25, 0.3) is 29.5 Å². The van der Waals surface area contributed by atoms with Crippen LogP contribution >= 0.6 is 11.5 Å². The van der Waals surface area contributed by atoms with Crippen LogP contribution in [0.1, 0.15) is 56.7 Å². The zero-order chi connectivity index (χ0) is 38.4. The van der Waals surface area contributed by atoms with E-state index in [9.17, 15) is 46.7 Å². The van der Waals surface area contributed by atoms with Crippen molar-refractivity contribution in [2.24, 2.45) is 5.73 Å². The number of hydrogen-bond donors (Lipinski definition) is 2. The van der Waals surface area contributed by atoms with Gasteiger partial charge in [-0.1, -0.05) is 18.2 Å². The van der Waals surface area contributed by atoms with Crippen molar-refractivity contribution in [3.05, 3.63) is 77.0 Å². The fourth-order valence-corrected chi connectivity index (χ4v) is 6.68. The molecule has 2 aromatic heterocycles. The molecular formula is C33H25F3N6O10S. The summed E-state index contributed by atoms with van der Waals surface area (Å²) < 4.78 is 60.6. The molecule has 2 aliphatic rings. The van der Waals surface area contributed by atoms with Gasteiger partial charge in [-0.05, 0) is 47.9 Å². The number of imide groups is 1. The van der Waals surface area contributed by atoms with Crippen molar-refractivity contribution >= 4 is 80.4 Å². The van der Waals surface area contributed by atoms with E-state index in [4.69, 9.17) is 15.2 Å². The average molecular weight is 755 g/mol. The summed E-state index contributed by atoms with van der Waals surface area (Å²) in [4.78, 5) is 95.7. The predicted molar refractivity (Wildman–Crippen MR) is 177 cm³/mol. The van der Waals surface area contributed by atoms with Gasteiger partial charge in [0, 0.05) is 19.2 Å². The Kier molecular flexibility index (Phi) is 9.67. The zero-order valence-corrected chi connectivity index (χ0v) is 28.1. The molecule has 3 N–H and O–H groups in total. The van der Waals surface area contributed by atoms with Crippen LogP contribution in [0.2, 0.25) is 0 Å². The van der Waals surface area contributed by atoms with Crippen molar-refractivity contribution in [2.45, 2.75) is 38.3 Å². The molecule has 3 atom stereocenters. The molecule has 0 bridgehead atoms. The van der Waals surface area contributed by atoms with E-state index in [1.807, 2.05) is 0 Å². The third kappa shape index (κ3) is 6.88. The summed E-state index contributed by atoms with van der Waals surface area (Å²) in [7, 11) is 0. The summed E-state index contributed by atoms with van der Waals surface area (Å²) in [5.41, 5.74) is 4.77. The lowest BCUT2D eigenvalue weighted by Crippen LogP contribution is -2.57. The van der Waals surface area contributed by atoms with Gasteiger partial charge in [-0.3, -0.25) is 38.5 Å². The minimum atomic E-state index is -5.05. The fraction of sp³-hybridized carbons (Fsp3) is 0.242. The number of benzene rings is 2. The second-order valence-corrected chi connectivity index (χ2v) is 12.3. The summed E-state index contributed by atoms with van der Waals surface area (Å²) in [6.45, 7) is 1.20. The van der Waals surface area contributed by atoms with Gasteiger partial charge in [-0.2, -0.15) is 17.5 Å². The number of aromatic nitrogens is 2. The zero-order valence-electron chi connectivity index (χ0n) is 27.3. The Labute approximate surface area is 299 Å². The maximum Gasteiger partial charge on any atom is 0.431 e. The van der Waals surface area contributed by atoms with Crippen LogP contribution in [0.4, 0.5) is 30.5 Å². The standard InChI is InChI=1S/C33H25F3N6O10S/c1-14(43)51-23(24-32(49)41(12-13-50-24)21-9-5-8-20(38-21)26(33(34,35)36)52-15(2)44)29(46)39-19-11-10-18-25(22(19)27(37)45)53-40-28(18)42-30(47)16-6-3-4-7-17(16)31(42)48/h3-11,23-24,26H,12-13H2,1-2H3,(H2,37,45)(H,39,46)/t23?,24-,26?/m1/s1. The first-order valence-corrected chi connectivity index (χ1v) is 16.2. The van der Waals surface area contributed by atoms with Gasteiger partial charge in [-0.25, -0.2) is 9.88 Å². The number of alkyl halides is 3. The normalized spacial score (nSPS) is 17.0. The molecule has 274 valence electrons. The number of ether oxygens (including phenoxy) is 3. The number of hydrogen-bond acceptors (Lipinski definition) is 13. The van der Waals surface area contributed by atoms with E-state index in [-0.39, 0.29) is 57.3 Å². The number of nitrogens with one attached hydrogen (secondary N) is 1. The topological polar surface area (TPSA) is 217 Å². The number of nitrogens with zero attached hydrogens (tertiary/aromatic N) is 4. The van der Waals surface area contributed by atoms with Crippen molar-refractivity contribution in [3.63, 3.8) is 0 Å². The number of morpholine rings is 1. The average Bonchev–Trinajstić information content (AvgIpc) is 3.62. The molecule has 4 heterocycles. The molecule has 0 radical (unpaired) electrons. The Balaban J connectivity index is 1.29. The van der Waals surface area contributed by atoms with Gasteiger partial charge < -0.3 is 25.3 Å². The Hall–Kier alpha value is -6.28. The van der Waals surface area contributed by atoms with Gasteiger partial charge >= 0.3 is 18.1 Å².